The van der Waals surface area contributed by atoms with E-state index in [1.165, 1.54) is 12.7 Å². The van der Waals surface area contributed by atoms with Gasteiger partial charge in [-0.1, -0.05) is 65.7 Å². The molecule has 0 bridgehead atoms. The molecule has 4 aromatic carbocycles. The molecule has 1 atom stereocenters. The summed E-state index contributed by atoms with van der Waals surface area (Å²) in [4.78, 5) is 17.5. The van der Waals surface area contributed by atoms with Crippen molar-refractivity contribution in [3.8, 4) is 22.3 Å². The number of carbonyl (C=O) groups is 1. The zero-order chi connectivity index (χ0) is 24.1. The van der Waals surface area contributed by atoms with Gasteiger partial charge in [-0.15, -0.1) is 0 Å². The smallest absolute Gasteiger partial charge is 0.309 e. The Morgan fingerprint density at radius 2 is 1.37 bits per heavy atom. The van der Waals surface area contributed by atoms with Crippen LogP contribution in [0, 0.1) is 5.92 Å². The summed E-state index contributed by atoms with van der Waals surface area (Å²) in [6.07, 6.45) is 3.20. The summed E-state index contributed by atoms with van der Waals surface area (Å²) in [5, 5.41) is 4.64. The molecule has 0 fully saturated rings. The van der Waals surface area contributed by atoms with Crippen LogP contribution in [0.15, 0.2) is 79.0 Å². The summed E-state index contributed by atoms with van der Waals surface area (Å²) >= 11 is 12.5. The number of methoxy groups -OCH3 is 1. The van der Waals surface area contributed by atoms with E-state index in [1.807, 2.05) is 60.8 Å². The molecule has 35 heavy (non-hydrogen) atoms. The fourth-order valence-corrected chi connectivity index (χ4v) is 5.70. The van der Waals surface area contributed by atoms with Gasteiger partial charge in [0.2, 0.25) is 0 Å². The predicted octanol–water partition coefficient (Wildman–Crippen LogP) is 7.92. The van der Waals surface area contributed by atoms with Crippen molar-refractivity contribution in [2.45, 2.75) is 12.8 Å². The van der Waals surface area contributed by atoms with Crippen LogP contribution in [0.2, 0.25) is 10.0 Å². The van der Waals surface area contributed by atoms with Crippen LogP contribution in [-0.4, -0.2) is 18.1 Å². The SMILES string of the molecule is COC(=O)C1Cc2c(c(-c3ccc(Cl)cc3)c3c(cnc4ccccc43)c2-c2ccc(Cl)cc2)C1. The molecule has 0 N–H and O–H groups in total. The van der Waals surface area contributed by atoms with Crippen molar-refractivity contribution in [1.29, 1.82) is 0 Å². The number of fused-ring (bicyclic) bond motifs is 4. The van der Waals surface area contributed by atoms with E-state index in [2.05, 4.69) is 18.2 Å². The third-order valence-corrected chi connectivity index (χ3v) is 7.47. The van der Waals surface area contributed by atoms with Crippen molar-refractivity contribution >= 4 is 50.8 Å². The third-order valence-electron chi connectivity index (χ3n) is 6.96. The number of nitrogens with zero attached hydrogens (tertiary/aromatic N) is 1. The predicted molar refractivity (Wildman–Crippen MR) is 143 cm³/mol. The highest BCUT2D eigenvalue weighted by Crippen LogP contribution is 2.48. The molecule has 1 unspecified atom stereocenters. The Bertz CT molecular complexity index is 1610. The van der Waals surface area contributed by atoms with E-state index in [9.17, 15) is 4.79 Å². The summed E-state index contributed by atoms with van der Waals surface area (Å²) in [6.45, 7) is 0. The molecule has 0 aliphatic heterocycles. The summed E-state index contributed by atoms with van der Waals surface area (Å²) < 4.78 is 5.17. The molecule has 6 rings (SSSR count). The number of rotatable bonds is 3. The first kappa shape index (κ1) is 22.1. The highest BCUT2D eigenvalue weighted by atomic mass is 35.5. The number of esters is 1. The van der Waals surface area contributed by atoms with Gasteiger partial charge in [0, 0.05) is 32.4 Å². The van der Waals surface area contributed by atoms with Crippen LogP contribution in [0.4, 0.5) is 0 Å². The van der Waals surface area contributed by atoms with Crippen molar-refractivity contribution in [2.75, 3.05) is 7.11 Å². The quantitative estimate of drug-likeness (QED) is 0.187. The number of hydrogen-bond acceptors (Lipinski definition) is 3. The number of ether oxygens (including phenoxy) is 1. The number of benzene rings is 4. The largest absolute Gasteiger partial charge is 0.469 e. The van der Waals surface area contributed by atoms with Crippen molar-refractivity contribution < 1.29 is 9.53 Å². The Hall–Kier alpha value is -3.40. The number of halogens is 2. The Morgan fingerprint density at radius 1 is 0.800 bits per heavy atom. The Labute approximate surface area is 213 Å². The third kappa shape index (κ3) is 3.67. The average Bonchev–Trinajstić information content (AvgIpc) is 3.33. The molecule has 0 saturated heterocycles. The van der Waals surface area contributed by atoms with Gasteiger partial charge in [0.25, 0.3) is 0 Å². The van der Waals surface area contributed by atoms with E-state index >= 15 is 0 Å². The molecule has 5 aromatic rings. The molecule has 0 amide bonds. The summed E-state index contributed by atoms with van der Waals surface area (Å²) in [6, 6.07) is 24.0. The summed E-state index contributed by atoms with van der Waals surface area (Å²) in [5.74, 6) is -0.416. The standard InChI is InChI=1S/C30H21Cl2NO2/c1-35-30(34)19-14-23-24(15-19)28(18-8-12-21(32)13-9-18)29-22-4-2-3-5-26(22)33-16-25(29)27(23)17-6-10-20(31)11-7-17/h2-13,16,19H,14-15H2,1H3. The minimum Gasteiger partial charge on any atom is -0.469 e. The normalized spacial score (nSPS) is 14.9. The minimum atomic E-state index is -0.233. The molecule has 1 aliphatic carbocycles. The van der Waals surface area contributed by atoms with E-state index in [-0.39, 0.29) is 11.9 Å². The lowest BCUT2D eigenvalue weighted by Gasteiger charge is -2.20. The summed E-state index contributed by atoms with van der Waals surface area (Å²) in [7, 11) is 1.46. The zero-order valence-electron chi connectivity index (χ0n) is 19.0. The summed E-state index contributed by atoms with van der Waals surface area (Å²) in [5.41, 5.74) is 7.64. The van der Waals surface area contributed by atoms with Gasteiger partial charge in [-0.25, -0.2) is 0 Å². The van der Waals surface area contributed by atoms with Crippen LogP contribution in [0.1, 0.15) is 11.1 Å². The second kappa shape index (κ2) is 8.67. The van der Waals surface area contributed by atoms with Crippen LogP contribution in [0.3, 0.4) is 0 Å². The van der Waals surface area contributed by atoms with E-state index in [1.54, 1.807) is 0 Å². The number of carbonyl (C=O) groups excluding carboxylic acids is 1. The van der Waals surface area contributed by atoms with Gasteiger partial charge in [0.1, 0.15) is 0 Å². The van der Waals surface area contributed by atoms with E-state index in [0.29, 0.717) is 22.9 Å². The maximum absolute atomic E-state index is 12.7. The molecule has 172 valence electrons. The first-order chi connectivity index (χ1) is 17.0. The van der Waals surface area contributed by atoms with Gasteiger partial charge in [-0.3, -0.25) is 9.78 Å². The highest BCUT2D eigenvalue weighted by Gasteiger charge is 2.34. The van der Waals surface area contributed by atoms with Gasteiger partial charge in [-0.2, -0.15) is 0 Å². The molecule has 0 radical (unpaired) electrons. The Kier molecular flexibility index (Phi) is 5.47. The number of aromatic nitrogens is 1. The number of pyridine rings is 1. The van der Waals surface area contributed by atoms with Crippen LogP contribution >= 0.6 is 23.2 Å². The molecular formula is C30H21Cl2NO2. The molecule has 3 nitrogen and oxygen atoms in total. The van der Waals surface area contributed by atoms with Crippen molar-refractivity contribution in [3.63, 3.8) is 0 Å². The maximum atomic E-state index is 12.7. The van der Waals surface area contributed by atoms with Crippen LogP contribution in [0.5, 0.6) is 0 Å². The minimum absolute atomic E-state index is 0.183. The van der Waals surface area contributed by atoms with Crippen LogP contribution < -0.4 is 0 Å². The van der Waals surface area contributed by atoms with E-state index in [0.717, 1.165) is 49.5 Å². The highest BCUT2D eigenvalue weighted by molar-refractivity contribution is 6.31. The van der Waals surface area contributed by atoms with E-state index < -0.39 is 0 Å². The lowest BCUT2D eigenvalue weighted by atomic mass is 9.84. The Morgan fingerprint density at radius 3 is 2.00 bits per heavy atom. The molecule has 1 aromatic heterocycles. The van der Waals surface area contributed by atoms with Crippen molar-refractivity contribution in [1.82, 2.24) is 4.98 Å². The monoisotopic (exact) mass is 497 g/mol. The second-order valence-corrected chi connectivity index (χ2v) is 9.79. The fraction of sp³-hybridized carbons (Fsp3) is 0.133. The van der Waals surface area contributed by atoms with Gasteiger partial charge in [0.15, 0.2) is 0 Å². The first-order valence-corrected chi connectivity index (χ1v) is 12.3. The number of hydrogen-bond donors (Lipinski definition) is 0. The van der Waals surface area contributed by atoms with Crippen LogP contribution in [0.25, 0.3) is 43.9 Å². The van der Waals surface area contributed by atoms with Gasteiger partial charge < -0.3 is 4.74 Å². The lowest BCUT2D eigenvalue weighted by Crippen LogP contribution is -2.16. The van der Waals surface area contributed by atoms with Crippen LogP contribution in [-0.2, 0) is 22.4 Å². The zero-order valence-corrected chi connectivity index (χ0v) is 20.5. The van der Waals surface area contributed by atoms with Gasteiger partial charge in [0.05, 0.1) is 18.5 Å². The lowest BCUT2D eigenvalue weighted by molar-refractivity contribution is -0.145. The molecule has 1 aliphatic rings. The molecule has 0 saturated carbocycles. The second-order valence-electron chi connectivity index (χ2n) is 8.91. The van der Waals surface area contributed by atoms with Gasteiger partial charge in [-0.05, 0) is 76.6 Å². The Balaban J connectivity index is 1.79. The topological polar surface area (TPSA) is 39.2 Å². The van der Waals surface area contributed by atoms with Gasteiger partial charge >= 0.3 is 5.97 Å². The maximum Gasteiger partial charge on any atom is 0.309 e. The average molecular weight is 498 g/mol. The van der Waals surface area contributed by atoms with E-state index in [4.69, 9.17) is 32.9 Å². The molecular weight excluding hydrogens is 477 g/mol. The van der Waals surface area contributed by atoms with Crippen molar-refractivity contribution in [2.24, 2.45) is 5.92 Å². The molecule has 0 spiro atoms. The van der Waals surface area contributed by atoms with Crippen molar-refractivity contribution in [3.05, 3.63) is 100 Å². The molecule has 5 heteroatoms. The number of para-hydroxylation sites is 1. The molecule has 1 heterocycles. The first-order valence-electron chi connectivity index (χ1n) is 11.5. The fourth-order valence-electron chi connectivity index (χ4n) is 5.45.